The summed E-state index contributed by atoms with van der Waals surface area (Å²) in [6.07, 6.45) is 8.99. The van der Waals surface area contributed by atoms with E-state index in [4.69, 9.17) is 30.0 Å². The van der Waals surface area contributed by atoms with Gasteiger partial charge in [-0.05, 0) is 79.6 Å². The first-order valence-corrected chi connectivity index (χ1v) is 20.4. The quantitative estimate of drug-likeness (QED) is 0.0863. The fourth-order valence-corrected chi connectivity index (χ4v) is 10.6. The van der Waals surface area contributed by atoms with Crippen molar-refractivity contribution >= 4 is 43.3 Å². The van der Waals surface area contributed by atoms with Crippen molar-refractivity contribution in [3.63, 3.8) is 0 Å². The van der Waals surface area contributed by atoms with Gasteiger partial charge >= 0.3 is 16.1 Å². The topological polar surface area (TPSA) is 149 Å². The van der Waals surface area contributed by atoms with Gasteiger partial charge in [0, 0.05) is 60.2 Å². The SMILES string of the molecule is C#Cc1cccc2cc(OS(=O)(=O)c3ccc([N+](=O)[O-])cc3)cc(-c3cc4c5c(nc(OC[C@@]67CCCN6C[C@H](F)C7)nc5c3F)N3C[C@H]5CC[C@H](N5)[C@H]3CO4)c12. The van der Waals surface area contributed by atoms with Crippen LogP contribution in [0.25, 0.3) is 32.8 Å². The van der Waals surface area contributed by atoms with E-state index in [-0.39, 0.29) is 70.3 Å². The van der Waals surface area contributed by atoms with Gasteiger partial charge in [-0.3, -0.25) is 15.0 Å². The summed E-state index contributed by atoms with van der Waals surface area (Å²) in [6, 6.07) is 14.0. The number of ether oxygens (including phenoxy) is 2. The van der Waals surface area contributed by atoms with E-state index in [2.05, 4.69) is 21.0 Å². The molecule has 0 radical (unpaired) electrons. The molecule has 0 aliphatic carbocycles. The van der Waals surface area contributed by atoms with Crippen LogP contribution >= 0.6 is 0 Å². The molecule has 1 aromatic heterocycles. The zero-order chi connectivity index (χ0) is 39.2. The Bertz CT molecular complexity index is 2660. The Hall–Kier alpha value is -5.63. The first kappa shape index (κ1) is 35.8. The number of non-ortho nitro benzene ring substituents is 1. The molecular formula is C41H36F2N6O7S. The number of benzene rings is 4. The number of nitrogens with zero attached hydrogens (tertiary/aromatic N) is 5. The van der Waals surface area contributed by atoms with E-state index in [1.54, 1.807) is 24.3 Å². The van der Waals surface area contributed by atoms with Crippen molar-refractivity contribution in [3.05, 3.63) is 82.2 Å². The van der Waals surface area contributed by atoms with E-state index < -0.39 is 32.6 Å². The average molecular weight is 795 g/mol. The number of nitro benzene ring substituents is 1. The molecule has 1 N–H and O–H groups in total. The molecule has 5 aromatic rings. The predicted octanol–water partition coefficient (Wildman–Crippen LogP) is 5.90. The van der Waals surface area contributed by atoms with E-state index in [9.17, 15) is 22.9 Å². The molecule has 0 amide bonds. The zero-order valence-electron chi connectivity index (χ0n) is 30.5. The maximum absolute atomic E-state index is 17.6. The van der Waals surface area contributed by atoms with Gasteiger partial charge < -0.3 is 23.9 Å². The van der Waals surface area contributed by atoms with Crippen molar-refractivity contribution < 1.29 is 35.8 Å². The molecule has 13 nitrogen and oxygen atoms in total. The van der Waals surface area contributed by atoms with Gasteiger partial charge in [-0.25, -0.2) is 8.78 Å². The van der Waals surface area contributed by atoms with E-state index >= 15 is 4.39 Å². The van der Waals surface area contributed by atoms with Crippen molar-refractivity contribution in [1.29, 1.82) is 0 Å². The highest BCUT2D eigenvalue weighted by atomic mass is 32.2. The number of alkyl halides is 1. The lowest BCUT2D eigenvalue weighted by Crippen LogP contribution is -2.60. The van der Waals surface area contributed by atoms with Crippen LogP contribution in [-0.2, 0) is 10.1 Å². The highest BCUT2D eigenvalue weighted by Crippen LogP contribution is 2.47. The molecule has 57 heavy (non-hydrogen) atoms. The van der Waals surface area contributed by atoms with Crippen molar-refractivity contribution in [2.24, 2.45) is 0 Å². The van der Waals surface area contributed by atoms with Crippen molar-refractivity contribution in [3.8, 4) is 41.0 Å². The van der Waals surface area contributed by atoms with Gasteiger partial charge in [0.15, 0.2) is 5.82 Å². The Labute approximate surface area is 326 Å². The van der Waals surface area contributed by atoms with Crippen LogP contribution in [0.2, 0.25) is 0 Å². The third-order valence-electron chi connectivity index (χ3n) is 12.2. The molecule has 292 valence electrons. The Morgan fingerprint density at radius 2 is 1.93 bits per heavy atom. The molecule has 0 saturated carbocycles. The summed E-state index contributed by atoms with van der Waals surface area (Å²) in [6.45, 7) is 2.18. The fourth-order valence-electron chi connectivity index (χ4n) is 9.64. The Morgan fingerprint density at radius 1 is 1.09 bits per heavy atom. The minimum Gasteiger partial charge on any atom is -0.491 e. The number of aromatic nitrogens is 2. The third-order valence-corrected chi connectivity index (χ3v) is 13.5. The van der Waals surface area contributed by atoms with E-state index in [1.807, 2.05) is 0 Å². The number of rotatable bonds is 8. The van der Waals surface area contributed by atoms with Gasteiger partial charge in [-0.1, -0.05) is 18.1 Å². The number of terminal acetylenes is 1. The van der Waals surface area contributed by atoms with Crippen molar-refractivity contribution in [2.45, 2.75) is 66.8 Å². The van der Waals surface area contributed by atoms with Crippen LogP contribution in [0.4, 0.5) is 20.3 Å². The molecule has 5 aliphatic rings. The maximum atomic E-state index is 17.6. The third kappa shape index (κ3) is 5.90. The summed E-state index contributed by atoms with van der Waals surface area (Å²) in [7, 11) is -4.50. The van der Waals surface area contributed by atoms with E-state index in [0.29, 0.717) is 52.8 Å². The summed E-state index contributed by atoms with van der Waals surface area (Å²) in [5, 5.41) is 16.2. The second-order valence-corrected chi connectivity index (χ2v) is 17.1. The molecule has 10 rings (SSSR count). The van der Waals surface area contributed by atoms with Gasteiger partial charge in [-0.2, -0.15) is 18.4 Å². The summed E-state index contributed by atoms with van der Waals surface area (Å²) in [4.78, 5) is 24.2. The largest absolute Gasteiger partial charge is 0.491 e. The second-order valence-electron chi connectivity index (χ2n) is 15.5. The monoisotopic (exact) mass is 794 g/mol. The summed E-state index contributed by atoms with van der Waals surface area (Å²) < 4.78 is 77.8. The molecule has 5 aliphatic heterocycles. The molecule has 4 saturated heterocycles. The fraction of sp³-hybridized carbons (Fsp3) is 0.366. The van der Waals surface area contributed by atoms with Gasteiger partial charge in [-0.15, -0.1) is 6.42 Å². The van der Waals surface area contributed by atoms with Crippen LogP contribution < -0.4 is 23.9 Å². The van der Waals surface area contributed by atoms with E-state index in [0.717, 1.165) is 56.5 Å². The first-order valence-electron chi connectivity index (χ1n) is 18.9. The van der Waals surface area contributed by atoms with Crippen molar-refractivity contribution in [1.82, 2.24) is 20.2 Å². The smallest absolute Gasteiger partial charge is 0.339 e. The molecular weight excluding hydrogens is 759 g/mol. The Balaban J connectivity index is 1.13. The molecule has 4 aromatic carbocycles. The number of piperazine rings is 1. The molecule has 6 heterocycles. The van der Waals surface area contributed by atoms with Crippen LogP contribution in [0.5, 0.6) is 17.5 Å². The zero-order valence-corrected chi connectivity index (χ0v) is 31.3. The number of anilines is 1. The van der Waals surface area contributed by atoms with Gasteiger partial charge in [0.1, 0.15) is 47.1 Å². The Kier molecular flexibility index (Phi) is 8.29. The molecule has 0 unspecified atom stereocenters. The van der Waals surface area contributed by atoms with Crippen molar-refractivity contribution in [2.75, 3.05) is 37.7 Å². The highest BCUT2D eigenvalue weighted by Gasteiger charge is 2.50. The summed E-state index contributed by atoms with van der Waals surface area (Å²) >= 11 is 0. The van der Waals surface area contributed by atoms with Gasteiger partial charge in [0.05, 0.1) is 21.9 Å². The lowest BCUT2D eigenvalue weighted by molar-refractivity contribution is -0.384. The van der Waals surface area contributed by atoms with Crippen LogP contribution in [0.15, 0.2) is 65.6 Å². The van der Waals surface area contributed by atoms with Gasteiger partial charge in [0.25, 0.3) is 5.69 Å². The average Bonchev–Trinajstić information content (AvgIpc) is 3.84. The number of fused-ring (bicyclic) bond motifs is 7. The summed E-state index contributed by atoms with van der Waals surface area (Å²) in [5.74, 6) is 2.61. The Morgan fingerprint density at radius 3 is 2.74 bits per heavy atom. The number of nitrogens with one attached hydrogen (secondary N) is 1. The minimum absolute atomic E-state index is 0.0233. The maximum Gasteiger partial charge on any atom is 0.339 e. The molecule has 0 spiro atoms. The number of halogens is 2. The predicted molar refractivity (Wildman–Crippen MR) is 206 cm³/mol. The van der Waals surface area contributed by atoms with Gasteiger partial charge in [0.2, 0.25) is 0 Å². The molecule has 5 atom stereocenters. The molecule has 2 bridgehead atoms. The number of nitro groups is 1. The minimum atomic E-state index is -4.50. The lowest BCUT2D eigenvalue weighted by atomic mass is 9.93. The standard InChI is InChI=1S/C41H36F2N6O7S/c1-2-23-5-3-6-24-15-28(56-57(52,53)29-10-8-27(9-11-29)49(50)51)16-30(35(23)24)31-17-34-36-38(37(31)43)45-40(55-22-41-13-4-14-47(41)19-25(42)18-41)46-39(36)48-20-26-7-12-32(44-26)33(48)21-54-34/h1,3,5-6,8-11,15-17,25-26,32-33,44H,4,7,12-14,18-22H2/t25-,26-,32+,33-,41+/m1/s1. The first-order chi connectivity index (χ1) is 27.5. The normalized spacial score (nSPS) is 25.1. The van der Waals surface area contributed by atoms with Crippen LogP contribution in [-0.4, -0.2) is 90.9 Å². The van der Waals surface area contributed by atoms with Crippen LogP contribution in [0.3, 0.4) is 0 Å². The van der Waals surface area contributed by atoms with Crippen LogP contribution in [0.1, 0.15) is 37.7 Å². The lowest BCUT2D eigenvalue weighted by Gasteiger charge is -2.40. The molecule has 4 fully saturated rings. The number of hydrogen-bond acceptors (Lipinski definition) is 12. The molecule has 16 heteroatoms. The number of hydrogen-bond donors (Lipinski definition) is 1. The highest BCUT2D eigenvalue weighted by molar-refractivity contribution is 7.87. The second kappa shape index (κ2) is 13.2. The summed E-state index contributed by atoms with van der Waals surface area (Å²) in [5.41, 5.74) is -0.161. The van der Waals surface area contributed by atoms with E-state index in [1.165, 1.54) is 12.1 Å². The van der Waals surface area contributed by atoms with Crippen LogP contribution in [0, 0.1) is 28.3 Å².